The number of carboxylic acid groups (broad SMARTS) is 1. The molecule has 2 rings (SSSR count). The van der Waals surface area contributed by atoms with Gasteiger partial charge in [-0.1, -0.05) is 11.6 Å². The van der Waals surface area contributed by atoms with Gasteiger partial charge in [0.05, 0.1) is 4.90 Å². The van der Waals surface area contributed by atoms with Crippen LogP contribution in [0.3, 0.4) is 0 Å². The normalized spacial score (nSPS) is 11.4. The summed E-state index contributed by atoms with van der Waals surface area (Å²) >= 11 is 5.68. The van der Waals surface area contributed by atoms with Crippen molar-refractivity contribution >= 4 is 27.4 Å². The minimum Gasteiger partial charge on any atom is -0.475 e. The summed E-state index contributed by atoms with van der Waals surface area (Å²) in [4.78, 5) is 10.7. The quantitative estimate of drug-likeness (QED) is 0.938. The minimum atomic E-state index is -3.59. The van der Waals surface area contributed by atoms with Crippen LogP contribution >= 0.6 is 11.6 Å². The number of sulfone groups is 1. The Hall–Kier alpha value is -1.79. The number of carboxylic acids is 1. The molecule has 0 aliphatic rings. The second kappa shape index (κ2) is 5.07. The van der Waals surface area contributed by atoms with E-state index in [0.29, 0.717) is 5.02 Å². The maximum absolute atomic E-state index is 12.0. The summed E-state index contributed by atoms with van der Waals surface area (Å²) in [5.74, 6) is -1.86. The second-order valence-corrected chi connectivity index (χ2v) is 6.21. The van der Waals surface area contributed by atoms with Crippen LogP contribution in [-0.2, 0) is 15.6 Å². The summed E-state index contributed by atoms with van der Waals surface area (Å²) in [5, 5.41) is 9.12. The topological polar surface area (TPSA) is 84.6 Å². The molecule has 100 valence electrons. The van der Waals surface area contributed by atoms with E-state index in [1.165, 1.54) is 36.4 Å². The van der Waals surface area contributed by atoms with Gasteiger partial charge >= 0.3 is 5.97 Å². The molecule has 0 bridgehead atoms. The number of halogens is 1. The Morgan fingerprint density at radius 1 is 1.16 bits per heavy atom. The van der Waals surface area contributed by atoms with Crippen LogP contribution in [0, 0.1) is 0 Å². The van der Waals surface area contributed by atoms with E-state index < -0.39 is 21.6 Å². The van der Waals surface area contributed by atoms with Crippen molar-refractivity contribution in [3.05, 3.63) is 52.9 Å². The average Bonchev–Trinajstić information content (AvgIpc) is 2.77. The average molecular weight is 301 g/mol. The van der Waals surface area contributed by atoms with Gasteiger partial charge in [-0.25, -0.2) is 13.2 Å². The first-order valence-electron chi connectivity index (χ1n) is 5.19. The Kier molecular flexibility index (Phi) is 3.64. The Bertz CT molecular complexity index is 700. The third-order valence-electron chi connectivity index (χ3n) is 2.38. The Balaban J connectivity index is 2.25. The number of furan rings is 1. The summed E-state index contributed by atoms with van der Waals surface area (Å²) in [6.07, 6.45) is 0. The molecule has 0 spiro atoms. The van der Waals surface area contributed by atoms with E-state index >= 15 is 0 Å². The molecule has 0 aliphatic heterocycles. The fourth-order valence-corrected chi connectivity index (χ4v) is 2.86. The fourth-order valence-electron chi connectivity index (χ4n) is 1.48. The Morgan fingerprint density at radius 3 is 2.32 bits per heavy atom. The number of rotatable bonds is 4. The van der Waals surface area contributed by atoms with Crippen molar-refractivity contribution in [1.29, 1.82) is 0 Å². The molecule has 0 radical (unpaired) electrons. The van der Waals surface area contributed by atoms with Crippen molar-refractivity contribution in [2.75, 3.05) is 0 Å². The van der Waals surface area contributed by atoms with Crippen LogP contribution < -0.4 is 0 Å². The van der Waals surface area contributed by atoms with Gasteiger partial charge in [-0.3, -0.25) is 0 Å². The molecular weight excluding hydrogens is 292 g/mol. The predicted molar refractivity (Wildman–Crippen MR) is 68.0 cm³/mol. The van der Waals surface area contributed by atoms with E-state index in [-0.39, 0.29) is 16.4 Å². The van der Waals surface area contributed by atoms with Gasteiger partial charge in [-0.15, -0.1) is 0 Å². The fraction of sp³-hybridized carbons (Fsp3) is 0.0833. The molecule has 2 aromatic rings. The van der Waals surface area contributed by atoms with Crippen molar-refractivity contribution < 1.29 is 22.7 Å². The van der Waals surface area contributed by atoms with Crippen molar-refractivity contribution in [2.45, 2.75) is 10.6 Å². The van der Waals surface area contributed by atoms with Crippen LogP contribution in [0.5, 0.6) is 0 Å². The number of aromatic carboxylic acids is 1. The van der Waals surface area contributed by atoms with E-state index in [2.05, 4.69) is 0 Å². The molecule has 7 heteroatoms. The van der Waals surface area contributed by atoms with Crippen molar-refractivity contribution in [2.24, 2.45) is 0 Å². The van der Waals surface area contributed by atoms with Crippen molar-refractivity contribution in [3.63, 3.8) is 0 Å². The highest BCUT2D eigenvalue weighted by molar-refractivity contribution is 7.90. The molecule has 0 amide bonds. The molecule has 0 fully saturated rings. The van der Waals surface area contributed by atoms with Crippen molar-refractivity contribution in [1.82, 2.24) is 0 Å². The zero-order valence-electron chi connectivity index (χ0n) is 9.54. The summed E-state index contributed by atoms with van der Waals surface area (Å²) in [6.45, 7) is 0. The molecule has 1 N–H and O–H groups in total. The van der Waals surface area contributed by atoms with Gasteiger partial charge in [0, 0.05) is 5.02 Å². The first-order chi connectivity index (χ1) is 8.88. The van der Waals surface area contributed by atoms with E-state index in [4.69, 9.17) is 21.1 Å². The first kappa shape index (κ1) is 13.6. The summed E-state index contributed by atoms with van der Waals surface area (Å²) in [6, 6.07) is 8.27. The molecule has 0 unspecified atom stereocenters. The van der Waals surface area contributed by atoms with Gasteiger partial charge in [-0.05, 0) is 36.4 Å². The molecular formula is C12H9ClO5S. The lowest BCUT2D eigenvalue weighted by molar-refractivity contribution is 0.0660. The maximum Gasteiger partial charge on any atom is 0.371 e. The molecule has 0 saturated heterocycles. The monoisotopic (exact) mass is 300 g/mol. The molecule has 1 aromatic carbocycles. The van der Waals surface area contributed by atoms with E-state index in [1.54, 1.807) is 0 Å². The number of hydrogen-bond acceptors (Lipinski definition) is 4. The zero-order chi connectivity index (χ0) is 14.0. The van der Waals surface area contributed by atoms with Crippen LogP contribution in [-0.4, -0.2) is 19.5 Å². The molecule has 5 nitrogen and oxygen atoms in total. The number of benzene rings is 1. The lowest BCUT2D eigenvalue weighted by Crippen LogP contribution is -2.04. The van der Waals surface area contributed by atoms with Crippen LogP contribution in [0.25, 0.3) is 0 Å². The highest BCUT2D eigenvalue weighted by Crippen LogP contribution is 2.20. The predicted octanol–water partition coefficient (Wildman–Crippen LogP) is 2.61. The van der Waals surface area contributed by atoms with Gasteiger partial charge < -0.3 is 9.52 Å². The third kappa shape index (κ3) is 3.15. The number of hydrogen-bond donors (Lipinski definition) is 1. The molecule has 0 atom stereocenters. The number of carbonyl (C=O) groups is 1. The molecule has 1 heterocycles. The SMILES string of the molecule is O=C(O)c1ccc(CS(=O)(=O)c2ccc(Cl)cc2)o1. The molecule has 0 saturated carbocycles. The van der Waals surface area contributed by atoms with Gasteiger partial charge in [0.1, 0.15) is 11.5 Å². The summed E-state index contributed by atoms with van der Waals surface area (Å²) in [7, 11) is -3.59. The van der Waals surface area contributed by atoms with E-state index in [1.807, 2.05) is 0 Å². The van der Waals surface area contributed by atoms with Gasteiger partial charge in [-0.2, -0.15) is 0 Å². The zero-order valence-corrected chi connectivity index (χ0v) is 11.1. The second-order valence-electron chi connectivity index (χ2n) is 3.78. The highest BCUT2D eigenvalue weighted by Gasteiger charge is 2.18. The minimum absolute atomic E-state index is 0.0763. The smallest absolute Gasteiger partial charge is 0.371 e. The Labute approximate surface area is 114 Å². The lowest BCUT2D eigenvalue weighted by Gasteiger charge is -2.02. The molecule has 0 aliphatic carbocycles. The van der Waals surface area contributed by atoms with Gasteiger partial charge in [0.2, 0.25) is 5.76 Å². The summed E-state index contributed by atoms with van der Waals surface area (Å²) < 4.78 is 29.0. The van der Waals surface area contributed by atoms with Crippen molar-refractivity contribution in [3.8, 4) is 0 Å². The van der Waals surface area contributed by atoms with Crippen LogP contribution in [0.1, 0.15) is 16.3 Å². The van der Waals surface area contributed by atoms with Crippen LogP contribution in [0.15, 0.2) is 45.7 Å². The van der Waals surface area contributed by atoms with Crippen LogP contribution in [0.2, 0.25) is 5.02 Å². The van der Waals surface area contributed by atoms with E-state index in [9.17, 15) is 13.2 Å². The Morgan fingerprint density at radius 2 is 1.79 bits per heavy atom. The largest absolute Gasteiger partial charge is 0.475 e. The maximum atomic E-state index is 12.0. The van der Waals surface area contributed by atoms with Gasteiger partial charge in [0.25, 0.3) is 0 Å². The standard InChI is InChI=1S/C12H9ClO5S/c13-8-1-4-10(5-2-8)19(16,17)7-9-3-6-11(18-9)12(14)15/h1-6H,7H2,(H,14,15). The van der Waals surface area contributed by atoms with Gasteiger partial charge in [0.15, 0.2) is 9.84 Å². The van der Waals surface area contributed by atoms with Crippen LogP contribution in [0.4, 0.5) is 0 Å². The molecule has 1 aromatic heterocycles. The third-order valence-corrected chi connectivity index (χ3v) is 4.28. The molecule has 19 heavy (non-hydrogen) atoms. The highest BCUT2D eigenvalue weighted by atomic mass is 35.5. The van der Waals surface area contributed by atoms with E-state index in [0.717, 1.165) is 0 Å². The first-order valence-corrected chi connectivity index (χ1v) is 7.22. The lowest BCUT2D eigenvalue weighted by atomic mass is 10.4. The summed E-state index contributed by atoms with van der Waals surface area (Å²) in [5.41, 5.74) is 0.